The largest absolute Gasteiger partial charge is 0.465 e. The number of ether oxygens (including phenoxy) is 1. The van der Waals surface area contributed by atoms with Gasteiger partial charge in [0, 0.05) is 17.0 Å². The van der Waals surface area contributed by atoms with Crippen LogP contribution in [0.2, 0.25) is 0 Å². The van der Waals surface area contributed by atoms with Crippen molar-refractivity contribution in [2.45, 2.75) is 86.4 Å². The predicted molar refractivity (Wildman–Crippen MR) is 138 cm³/mol. The molecule has 4 rings (SSSR count). The van der Waals surface area contributed by atoms with Crippen LogP contribution in [-0.4, -0.2) is 41.1 Å². The number of esters is 1. The molecular formula is C26H35N3O3S2. The number of benzene rings is 1. The fourth-order valence-corrected chi connectivity index (χ4v) is 6.93. The molecule has 1 N–H and O–H groups in total. The second kappa shape index (κ2) is 11.6. The normalized spacial score (nSPS) is 24.9. The van der Waals surface area contributed by atoms with Crippen LogP contribution < -0.4 is 5.32 Å². The lowest BCUT2D eigenvalue weighted by atomic mass is 9.82. The van der Waals surface area contributed by atoms with Gasteiger partial charge in [0.05, 0.1) is 23.1 Å². The van der Waals surface area contributed by atoms with E-state index in [1.165, 1.54) is 44.1 Å². The molecule has 2 aromatic rings. The van der Waals surface area contributed by atoms with Gasteiger partial charge >= 0.3 is 12.0 Å². The van der Waals surface area contributed by atoms with Gasteiger partial charge in [-0.3, -0.25) is 5.32 Å². The van der Waals surface area contributed by atoms with Crippen molar-refractivity contribution in [1.82, 2.24) is 9.88 Å². The van der Waals surface area contributed by atoms with Crippen LogP contribution >= 0.6 is 23.1 Å². The molecule has 2 aliphatic carbocycles. The number of thiazole rings is 1. The molecule has 184 valence electrons. The number of nitrogens with zero attached hydrogens (tertiary/aromatic N) is 2. The molecular weight excluding hydrogens is 466 g/mol. The fourth-order valence-electron chi connectivity index (χ4n) is 5.08. The average molecular weight is 502 g/mol. The van der Waals surface area contributed by atoms with Gasteiger partial charge in [0.15, 0.2) is 5.13 Å². The summed E-state index contributed by atoms with van der Waals surface area (Å²) in [6.45, 7) is 4.64. The third kappa shape index (κ3) is 6.33. The minimum Gasteiger partial charge on any atom is -0.465 e. The van der Waals surface area contributed by atoms with Crippen molar-refractivity contribution >= 4 is 40.2 Å². The van der Waals surface area contributed by atoms with Gasteiger partial charge in [-0.15, -0.1) is 0 Å². The lowest BCUT2D eigenvalue weighted by Crippen LogP contribution is -2.51. The Labute approximate surface area is 210 Å². The molecule has 1 aromatic carbocycles. The maximum atomic E-state index is 13.5. The van der Waals surface area contributed by atoms with E-state index in [9.17, 15) is 9.59 Å². The zero-order valence-electron chi connectivity index (χ0n) is 20.3. The number of urea groups is 1. The lowest BCUT2D eigenvalue weighted by molar-refractivity contribution is 0.0600. The van der Waals surface area contributed by atoms with Crippen LogP contribution in [0.3, 0.4) is 0 Å². The number of anilines is 1. The molecule has 2 aliphatic rings. The number of aromatic nitrogens is 1. The number of hydrogen-bond acceptors (Lipinski definition) is 6. The molecule has 0 atom stereocenters. The van der Waals surface area contributed by atoms with Crippen molar-refractivity contribution in [3.05, 3.63) is 36.0 Å². The molecule has 0 bridgehead atoms. The second-order valence-corrected chi connectivity index (χ2v) is 12.2. The van der Waals surface area contributed by atoms with Gasteiger partial charge in [0.2, 0.25) is 0 Å². The van der Waals surface area contributed by atoms with E-state index in [4.69, 9.17) is 4.74 Å². The third-order valence-corrected chi connectivity index (χ3v) is 9.21. The van der Waals surface area contributed by atoms with Crippen molar-refractivity contribution in [3.63, 3.8) is 0 Å². The maximum absolute atomic E-state index is 13.5. The molecule has 2 amide bonds. The molecule has 0 saturated heterocycles. The standard InChI is InChI=1S/C26H35N3O3S2/c1-17-4-10-20(11-5-17)29(21-12-6-18(2)7-13-21)26(31)28-25-27-16-23(34-25)33-22-14-8-19(9-15-22)24(30)32-3/h8-9,14-18,20-21H,4-7,10-13H2,1-3H3,(H,27,28,31). The summed E-state index contributed by atoms with van der Waals surface area (Å²) >= 11 is 3.05. The molecule has 34 heavy (non-hydrogen) atoms. The average Bonchev–Trinajstić information content (AvgIpc) is 3.28. The molecule has 2 saturated carbocycles. The Morgan fingerprint density at radius 3 is 2.06 bits per heavy atom. The Morgan fingerprint density at radius 1 is 0.971 bits per heavy atom. The van der Waals surface area contributed by atoms with Crippen molar-refractivity contribution < 1.29 is 14.3 Å². The molecule has 0 aliphatic heterocycles. The number of carbonyl (C=O) groups is 2. The minimum atomic E-state index is -0.344. The number of rotatable bonds is 6. The van der Waals surface area contributed by atoms with E-state index in [0.29, 0.717) is 22.8 Å². The number of amides is 2. The van der Waals surface area contributed by atoms with Crippen LogP contribution in [0.25, 0.3) is 0 Å². The third-order valence-electron chi connectivity index (χ3n) is 7.18. The van der Waals surface area contributed by atoms with E-state index in [1.54, 1.807) is 30.1 Å². The zero-order valence-corrected chi connectivity index (χ0v) is 21.9. The minimum absolute atomic E-state index is 0.00689. The lowest BCUT2D eigenvalue weighted by Gasteiger charge is -2.43. The van der Waals surface area contributed by atoms with Gasteiger partial charge in [-0.1, -0.05) is 36.9 Å². The van der Waals surface area contributed by atoms with E-state index in [1.807, 2.05) is 12.1 Å². The maximum Gasteiger partial charge on any atom is 0.337 e. The number of methoxy groups -OCH3 is 1. The Morgan fingerprint density at radius 2 is 1.53 bits per heavy atom. The van der Waals surface area contributed by atoms with Gasteiger partial charge in [0.1, 0.15) is 0 Å². The number of nitrogens with one attached hydrogen (secondary N) is 1. The summed E-state index contributed by atoms with van der Waals surface area (Å²) < 4.78 is 5.75. The van der Waals surface area contributed by atoms with Crippen LogP contribution in [0.4, 0.5) is 9.93 Å². The first-order valence-corrected chi connectivity index (χ1v) is 14.0. The van der Waals surface area contributed by atoms with E-state index < -0.39 is 0 Å². The van der Waals surface area contributed by atoms with Gasteiger partial charge in [-0.2, -0.15) is 0 Å². The first-order chi connectivity index (χ1) is 16.4. The molecule has 2 fully saturated rings. The molecule has 1 heterocycles. The fraction of sp³-hybridized carbons (Fsp3) is 0.577. The number of hydrogen-bond donors (Lipinski definition) is 1. The topological polar surface area (TPSA) is 71.5 Å². The van der Waals surface area contributed by atoms with Gasteiger partial charge in [-0.25, -0.2) is 14.6 Å². The first-order valence-electron chi connectivity index (χ1n) is 12.3. The second-order valence-electron chi connectivity index (χ2n) is 9.77. The van der Waals surface area contributed by atoms with Crippen molar-refractivity contribution in [2.24, 2.45) is 11.8 Å². The van der Waals surface area contributed by atoms with Crippen molar-refractivity contribution in [1.29, 1.82) is 0 Å². The smallest absolute Gasteiger partial charge is 0.337 e. The van der Waals surface area contributed by atoms with E-state index in [2.05, 4.69) is 29.0 Å². The summed E-state index contributed by atoms with van der Waals surface area (Å²) in [7, 11) is 1.38. The highest BCUT2D eigenvalue weighted by Crippen LogP contribution is 2.36. The quantitative estimate of drug-likeness (QED) is 0.429. The van der Waals surface area contributed by atoms with Crippen LogP contribution in [0.15, 0.2) is 39.6 Å². The van der Waals surface area contributed by atoms with Crippen LogP contribution in [-0.2, 0) is 4.74 Å². The van der Waals surface area contributed by atoms with Gasteiger partial charge < -0.3 is 9.64 Å². The van der Waals surface area contributed by atoms with E-state index in [0.717, 1.165) is 46.6 Å². The highest BCUT2D eigenvalue weighted by molar-refractivity contribution is 8.01. The van der Waals surface area contributed by atoms with Gasteiger partial charge in [-0.05, 0) is 87.5 Å². The monoisotopic (exact) mass is 501 g/mol. The summed E-state index contributed by atoms with van der Waals surface area (Å²) in [6.07, 6.45) is 11.0. The molecule has 0 radical (unpaired) electrons. The van der Waals surface area contributed by atoms with Crippen LogP contribution in [0.1, 0.15) is 75.6 Å². The first kappa shape index (κ1) is 25.0. The Kier molecular flexibility index (Phi) is 8.53. The Balaban J connectivity index is 1.41. The van der Waals surface area contributed by atoms with E-state index >= 15 is 0 Å². The summed E-state index contributed by atoms with van der Waals surface area (Å²) in [5.74, 6) is 1.17. The molecule has 0 unspecified atom stereocenters. The molecule has 8 heteroatoms. The van der Waals surface area contributed by atoms with Crippen LogP contribution in [0, 0.1) is 11.8 Å². The predicted octanol–water partition coefficient (Wildman–Crippen LogP) is 7.07. The van der Waals surface area contributed by atoms with E-state index in [-0.39, 0.29) is 12.0 Å². The number of carbonyl (C=O) groups excluding carboxylic acids is 2. The summed E-state index contributed by atoms with van der Waals surface area (Å²) in [5, 5.41) is 3.75. The summed E-state index contributed by atoms with van der Waals surface area (Å²) in [6, 6.07) is 7.97. The highest BCUT2D eigenvalue weighted by Gasteiger charge is 2.35. The summed E-state index contributed by atoms with van der Waals surface area (Å²) in [5.41, 5.74) is 0.526. The summed E-state index contributed by atoms with van der Waals surface area (Å²) in [4.78, 5) is 32.8. The molecule has 0 spiro atoms. The molecule has 1 aromatic heterocycles. The van der Waals surface area contributed by atoms with Gasteiger partial charge in [0.25, 0.3) is 0 Å². The molecule has 6 nitrogen and oxygen atoms in total. The van der Waals surface area contributed by atoms with Crippen LogP contribution in [0.5, 0.6) is 0 Å². The van der Waals surface area contributed by atoms with Crippen molar-refractivity contribution in [2.75, 3.05) is 12.4 Å². The Bertz CT molecular complexity index is 940. The highest BCUT2D eigenvalue weighted by atomic mass is 32.2. The van der Waals surface area contributed by atoms with Crippen molar-refractivity contribution in [3.8, 4) is 0 Å². The Hall–Kier alpha value is -2.06. The SMILES string of the molecule is COC(=O)c1ccc(Sc2cnc(NC(=O)N(C3CCC(C)CC3)C3CCC(C)CC3)s2)cc1. The zero-order chi connectivity index (χ0) is 24.1.